The zero-order chi connectivity index (χ0) is 23.6. The molecule has 180 valence electrons. The van der Waals surface area contributed by atoms with Gasteiger partial charge < -0.3 is 14.9 Å². The highest BCUT2D eigenvalue weighted by Gasteiger charge is 2.49. The number of carbonyl (C=O) groups excluding carboxylic acids is 1. The molecule has 3 aliphatic rings. The molecule has 1 aliphatic carbocycles. The number of alkyl halides is 3. The van der Waals surface area contributed by atoms with Gasteiger partial charge in [0.2, 0.25) is 5.91 Å². The molecule has 4 rings (SSSR count). The van der Waals surface area contributed by atoms with Gasteiger partial charge in [-0.05, 0) is 49.3 Å². The summed E-state index contributed by atoms with van der Waals surface area (Å²) in [4.78, 5) is 16.9. The van der Waals surface area contributed by atoms with E-state index < -0.39 is 11.7 Å². The van der Waals surface area contributed by atoms with Crippen LogP contribution in [-0.2, 0) is 11.0 Å². The molecular formula is C25H32F3N3O2. The van der Waals surface area contributed by atoms with Gasteiger partial charge in [-0.25, -0.2) is 0 Å². The summed E-state index contributed by atoms with van der Waals surface area (Å²) in [5, 5.41) is 19.2. The van der Waals surface area contributed by atoms with E-state index in [9.17, 15) is 23.1 Å². The van der Waals surface area contributed by atoms with Crippen LogP contribution < -0.4 is 4.90 Å². The van der Waals surface area contributed by atoms with E-state index in [-0.39, 0.29) is 35.3 Å². The van der Waals surface area contributed by atoms with Gasteiger partial charge in [-0.2, -0.15) is 18.4 Å². The Hall–Kier alpha value is -2.27. The topological polar surface area (TPSA) is 67.6 Å². The van der Waals surface area contributed by atoms with Crippen molar-refractivity contribution in [1.29, 1.82) is 5.26 Å². The van der Waals surface area contributed by atoms with Crippen LogP contribution in [0.5, 0.6) is 0 Å². The number of piperidine rings is 1. The zero-order valence-electron chi connectivity index (χ0n) is 18.9. The molecule has 1 unspecified atom stereocenters. The summed E-state index contributed by atoms with van der Waals surface area (Å²) < 4.78 is 40.3. The minimum atomic E-state index is -4.60. The smallest absolute Gasteiger partial charge is 0.396 e. The Morgan fingerprint density at radius 2 is 1.82 bits per heavy atom. The molecule has 1 saturated carbocycles. The van der Waals surface area contributed by atoms with E-state index in [1.807, 2.05) is 9.80 Å². The Bertz CT molecular complexity index is 895. The molecule has 1 N–H and O–H groups in total. The first kappa shape index (κ1) is 23.9. The normalized spacial score (nSPS) is 24.0. The number of rotatable bonds is 3. The van der Waals surface area contributed by atoms with Gasteiger partial charge in [-0.1, -0.05) is 25.7 Å². The first-order chi connectivity index (χ1) is 15.8. The second-order valence-corrected chi connectivity index (χ2v) is 9.98. The van der Waals surface area contributed by atoms with E-state index in [0.717, 1.165) is 44.6 Å². The van der Waals surface area contributed by atoms with Gasteiger partial charge in [0.1, 0.15) is 0 Å². The number of likely N-dealkylation sites (tertiary alicyclic amines) is 1. The van der Waals surface area contributed by atoms with Crippen molar-refractivity contribution in [2.24, 2.45) is 17.3 Å². The largest absolute Gasteiger partial charge is 0.417 e. The lowest BCUT2D eigenvalue weighted by atomic mass is 9.71. The molecule has 0 aromatic heterocycles. The standard InChI is InChI=1S/C25H32F3N3O2/c26-25(27,28)22-13-21(8-7-19(22)14-29)31-15-20(16-32)24(17-31)9-11-30(12-10-24)23(33)18-5-3-1-2-4-6-18/h7-8,13,18,20,32H,1-6,9-12,15-17H2. The summed E-state index contributed by atoms with van der Waals surface area (Å²) in [6.07, 6.45) is 3.45. The van der Waals surface area contributed by atoms with Crippen molar-refractivity contribution in [3.05, 3.63) is 29.3 Å². The third kappa shape index (κ3) is 4.84. The molecule has 33 heavy (non-hydrogen) atoms. The van der Waals surface area contributed by atoms with Gasteiger partial charge in [0, 0.05) is 50.3 Å². The minimum Gasteiger partial charge on any atom is -0.396 e. The van der Waals surface area contributed by atoms with E-state index in [4.69, 9.17) is 5.26 Å². The molecule has 1 atom stereocenters. The van der Waals surface area contributed by atoms with Crippen LogP contribution >= 0.6 is 0 Å². The predicted molar refractivity (Wildman–Crippen MR) is 118 cm³/mol. The number of benzene rings is 1. The van der Waals surface area contributed by atoms with Crippen molar-refractivity contribution in [1.82, 2.24) is 4.90 Å². The molecular weight excluding hydrogens is 431 g/mol. The molecule has 2 saturated heterocycles. The van der Waals surface area contributed by atoms with Gasteiger partial charge in [-0.15, -0.1) is 0 Å². The lowest BCUT2D eigenvalue weighted by Gasteiger charge is -2.43. The van der Waals surface area contributed by atoms with E-state index in [0.29, 0.717) is 31.9 Å². The fraction of sp³-hybridized carbons (Fsp3) is 0.680. The molecule has 2 aliphatic heterocycles. The van der Waals surface area contributed by atoms with Crippen LogP contribution in [0.4, 0.5) is 18.9 Å². The number of halogens is 3. The number of nitriles is 1. The van der Waals surface area contributed by atoms with Crippen molar-refractivity contribution in [3.63, 3.8) is 0 Å². The number of hydrogen-bond acceptors (Lipinski definition) is 4. The van der Waals surface area contributed by atoms with Crippen molar-refractivity contribution in [3.8, 4) is 6.07 Å². The summed E-state index contributed by atoms with van der Waals surface area (Å²) >= 11 is 0. The average molecular weight is 464 g/mol. The van der Waals surface area contributed by atoms with Crippen LogP contribution in [0.25, 0.3) is 0 Å². The van der Waals surface area contributed by atoms with Crippen molar-refractivity contribution in [2.45, 2.75) is 57.5 Å². The summed E-state index contributed by atoms with van der Waals surface area (Å²) in [5.41, 5.74) is -1.10. The number of aliphatic hydroxyl groups excluding tert-OH is 1. The highest BCUT2D eigenvalue weighted by Crippen LogP contribution is 2.47. The quantitative estimate of drug-likeness (QED) is 0.666. The molecule has 1 aromatic rings. The molecule has 1 spiro atoms. The maximum atomic E-state index is 13.4. The zero-order valence-corrected chi connectivity index (χ0v) is 18.9. The highest BCUT2D eigenvalue weighted by atomic mass is 19.4. The second kappa shape index (κ2) is 9.54. The van der Waals surface area contributed by atoms with Gasteiger partial charge in [0.25, 0.3) is 0 Å². The molecule has 3 fully saturated rings. The molecule has 0 radical (unpaired) electrons. The third-order valence-corrected chi connectivity index (χ3v) is 8.10. The number of carbonyl (C=O) groups is 1. The molecule has 1 aromatic carbocycles. The number of aliphatic hydroxyl groups is 1. The van der Waals surface area contributed by atoms with E-state index in [1.165, 1.54) is 18.9 Å². The van der Waals surface area contributed by atoms with Crippen molar-refractivity contribution in [2.75, 3.05) is 37.7 Å². The molecule has 2 heterocycles. The van der Waals surface area contributed by atoms with E-state index >= 15 is 0 Å². The number of amides is 1. The Morgan fingerprint density at radius 1 is 1.15 bits per heavy atom. The monoisotopic (exact) mass is 463 g/mol. The van der Waals surface area contributed by atoms with Crippen LogP contribution in [0.15, 0.2) is 18.2 Å². The Morgan fingerprint density at radius 3 is 2.39 bits per heavy atom. The maximum absolute atomic E-state index is 13.4. The SMILES string of the molecule is N#Cc1ccc(N2CC(CO)C3(CCN(C(=O)C4CCCCCC4)CC3)C2)cc1C(F)(F)F. The fourth-order valence-corrected chi connectivity index (χ4v) is 6.07. The average Bonchev–Trinajstić information content (AvgIpc) is 2.97. The highest BCUT2D eigenvalue weighted by molar-refractivity contribution is 5.79. The van der Waals surface area contributed by atoms with Crippen molar-refractivity contribution < 1.29 is 23.1 Å². The van der Waals surface area contributed by atoms with Crippen LogP contribution in [0.3, 0.4) is 0 Å². The molecule has 8 heteroatoms. The third-order valence-electron chi connectivity index (χ3n) is 8.10. The predicted octanol–water partition coefficient (Wildman–Crippen LogP) is 4.58. The van der Waals surface area contributed by atoms with Crippen molar-refractivity contribution >= 4 is 11.6 Å². The first-order valence-corrected chi connectivity index (χ1v) is 12.0. The van der Waals surface area contributed by atoms with Gasteiger partial charge in [0.15, 0.2) is 0 Å². The van der Waals surface area contributed by atoms with Gasteiger partial charge >= 0.3 is 6.18 Å². The van der Waals surface area contributed by atoms with Gasteiger partial charge in [-0.3, -0.25) is 4.79 Å². The number of nitrogens with zero attached hydrogens (tertiary/aromatic N) is 3. The maximum Gasteiger partial charge on any atom is 0.417 e. The summed E-state index contributed by atoms with van der Waals surface area (Å²) in [5.74, 6) is 0.316. The van der Waals surface area contributed by atoms with Gasteiger partial charge in [0.05, 0.1) is 17.2 Å². The van der Waals surface area contributed by atoms with Crippen LogP contribution in [0, 0.1) is 28.6 Å². The van der Waals surface area contributed by atoms with Crippen LogP contribution in [0.1, 0.15) is 62.5 Å². The number of anilines is 1. The second-order valence-electron chi connectivity index (χ2n) is 9.98. The lowest BCUT2D eigenvalue weighted by molar-refractivity contribution is -0.139. The van der Waals surface area contributed by atoms with E-state index in [1.54, 1.807) is 12.1 Å². The Kier molecular flexibility index (Phi) is 6.90. The van der Waals surface area contributed by atoms with Crippen LogP contribution in [-0.4, -0.2) is 48.7 Å². The fourth-order valence-electron chi connectivity index (χ4n) is 6.07. The molecule has 5 nitrogen and oxygen atoms in total. The lowest BCUT2D eigenvalue weighted by Crippen LogP contribution is -2.48. The van der Waals surface area contributed by atoms with Crippen LogP contribution in [0.2, 0.25) is 0 Å². The number of hydrogen-bond donors (Lipinski definition) is 1. The Balaban J connectivity index is 1.47. The first-order valence-electron chi connectivity index (χ1n) is 12.0. The summed E-state index contributed by atoms with van der Waals surface area (Å²) in [6.45, 7) is 2.26. The summed E-state index contributed by atoms with van der Waals surface area (Å²) in [7, 11) is 0. The molecule has 1 amide bonds. The van der Waals surface area contributed by atoms with E-state index in [2.05, 4.69) is 0 Å². The molecule has 0 bridgehead atoms. The summed E-state index contributed by atoms with van der Waals surface area (Å²) in [6, 6.07) is 5.47. The Labute approximate surface area is 193 Å². The minimum absolute atomic E-state index is 0.0323.